The molecule has 9 heteroatoms. The number of hydrogen-bond acceptors (Lipinski definition) is 4. The Hall–Kier alpha value is -2.42. The number of aromatic nitrogens is 5. The van der Waals surface area contributed by atoms with Crippen LogP contribution in [0.4, 0.5) is 13.2 Å². The number of aliphatic hydroxyl groups is 1. The first-order valence-corrected chi connectivity index (χ1v) is 7.40. The Bertz CT molecular complexity index is 852. The van der Waals surface area contributed by atoms with E-state index in [4.69, 9.17) is 0 Å². The number of aliphatic hydroxyl groups excluding tert-OH is 1. The van der Waals surface area contributed by atoms with Crippen LogP contribution in [0.1, 0.15) is 19.5 Å². The number of nitrogens with zero attached hydrogens (tertiary/aromatic N) is 5. The van der Waals surface area contributed by atoms with E-state index in [9.17, 15) is 18.3 Å². The van der Waals surface area contributed by atoms with Crippen LogP contribution in [0.15, 0.2) is 30.6 Å². The van der Waals surface area contributed by atoms with Crippen molar-refractivity contribution >= 4 is 10.9 Å². The second-order valence-electron chi connectivity index (χ2n) is 5.83. The van der Waals surface area contributed by atoms with Crippen LogP contribution < -0.4 is 0 Å². The molecule has 0 radical (unpaired) electrons. The van der Waals surface area contributed by atoms with Crippen LogP contribution >= 0.6 is 0 Å². The third kappa shape index (κ3) is 2.86. The fourth-order valence-electron chi connectivity index (χ4n) is 2.39. The average molecular weight is 339 g/mol. The minimum Gasteiger partial charge on any atom is -0.391 e. The fraction of sp³-hybridized carbons (Fsp3) is 0.400. The highest BCUT2D eigenvalue weighted by Crippen LogP contribution is 2.36. The Morgan fingerprint density at radius 3 is 2.58 bits per heavy atom. The molecule has 0 fully saturated rings. The van der Waals surface area contributed by atoms with Crippen molar-refractivity contribution in [1.29, 1.82) is 0 Å². The molecule has 2 aromatic heterocycles. The summed E-state index contributed by atoms with van der Waals surface area (Å²) in [4.78, 5) is 3.91. The summed E-state index contributed by atoms with van der Waals surface area (Å²) in [6.07, 6.45) is -4.22. The van der Waals surface area contributed by atoms with Gasteiger partial charge in [0.25, 0.3) is 0 Å². The maximum Gasteiger partial charge on any atom is 0.434 e. The summed E-state index contributed by atoms with van der Waals surface area (Å²) in [6, 6.07) is 6.01. The van der Waals surface area contributed by atoms with E-state index in [0.29, 0.717) is 0 Å². The van der Waals surface area contributed by atoms with Crippen molar-refractivity contribution in [2.24, 2.45) is 5.92 Å². The van der Waals surface area contributed by atoms with Crippen molar-refractivity contribution in [3.8, 4) is 5.95 Å². The van der Waals surface area contributed by atoms with Gasteiger partial charge >= 0.3 is 6.18 Å². The van der Waals surface area contributed by atoms with E-state index in [1.807, 2.05) is 13.8 Å². The second-order valence-corrected chi connectivity index (χ2v) is 5.83. The topological polar surface area (TPSA) is 68.8 Å². The van der Waals surface area contributed by atoms with E-state index in [2.05, 4.69) is 15.2 Å². The van der Waals surface area contributed by atoms with Gasteiger partial charge in [0, 0.05) is 5.39 Å². The number of hydrogen-bond donors (Lipinski definition) is 1. The van der Waals surface area contributed by atoms with Crippen molar-refractivity contribution < 1.29 is 18.3 Å². The number of rotatable bonds is 4. The summed E-state index contributed by atoms with van der Waals surface area (Å²) in [5.74, 6) is -0.154. The van der Waals surface area contributed by atoms with E-state index >= 15 is 0 Å². The molecule has 0 spiro atoms. The van der Waals surface area contributed by atoms with Crippen LogP contribution in [-0.2, 0) is 12.7 Å². The number of fused-ring (bicyclic) bond motifs is 1. The highest BCUT2D eigenvalue weighted by Gasteiger charge is 2.39. The second kappa shape index (κ2) is 5.90. The zero-order valence-electron chi connectivity index (χ0n) is 13.1. The highest BCUT2D eigenvalue weighted by molar-refractivity contribution is 5.82. The molecule has 24 heavy (non-hydrogen) atoms. The SMILES string of the molecule is CC(C)C(O)Cn1ncnc1-n1nc2ccccc2c1C(F)(F)F. The summed E-state index contributed by atoms with van der Waals surface area (Å²) >= 11 is 0. The van der Waals surface area contributed by atoms with Gasteiger partial charge in [-0.05, 0) is 12.0 Å². The monoisotopic (exact) mass is 339 g/mol. The lowest BCUT2D eigenvalue weighted by atomic mass is 10.1. The molecule has 0 amide bonds. The van der Waals surface area contributed by atoms with Gasteiger partial charge < -0.3 is 5.11 Å². The van der Waals surface area contributed by atoms with E-state index in [-0.39, 0.29) is 29.3 Å². The molecule has 1 atom stereocenters. The van der Waals surface area contributed by atoms with Gasteiger partial charge in [-0.2, -0.15) is 33.0 Å². The molecule has 1 unspecified atom stereocenters. The third-order valence-electron chi connectivity index (χ3n) is 3.76. The van der Waals surface area contributed by atoms with Crippen LogP contribution in [0.3, 0.4) is 0 Å². The van der Waals surface area contributed by atoms with Gasteiger partial charge in [0.2, 0.25) is 5.95 Å². The Morgan fingerprint density at radius 1 is 1.21 bits per heavy atom. The van der Waals surface area contributed by atoms with Crippen LogP contribution in [0, 0.1) is 5.92 Å². The molecule has 6 nitrogen and oxygen atoms in total. The molecule has 1 aromatic carbocycles. The molecule has 3 rings (SSSR count). The van der Waals surface area contributed by atoms with Gasteiger partial charge in [0.1, 0.15) is 6.33 Å². The first kappa shape index (κ1) is 16.4. The van der Waals surface area contributed by atoms with Gasteiger partial charge in [-0.3, -0.25) is 0 Å². The largest absolute Gasteiger partial charge is 0.434 e. The maximum absolute atomic E-state index is 13.6. The van der Waals surface area contributed by atoms with Crippen LogP contribution in [0.25, 0.3) is 16.9 Å². The molecule has 0 aliphatic carbocycles. The molecule has 0 aliphatic heterocycles. The molecular weight excluding hydrogens is 323 g/mol. The number of benzene rings is 1. The van der Waals surface area contributed by atoms with E-state index in [1.54, 1.807) is 6.07 Å². The zero-order valence-corrected chi connectivity index (χ0v) is 13.1. The van der Waals surface area contributed by atoms with Crippen molar-refractivity contribution in [2.45, 2.75) is 32.7 Å². The molecule has 128 valence electrons. The Morgan fingerprint density at radius 2 is 1.92 bits per heavy atom. The van der Waals surface area contributed by atoms with E-state index < -0.39 is 18.0 Å². The standard InChI is InChI=1S/C15H16F3N5O/c1-9(2)12(24)7-22-14(19-8-20-22)23-13(15(16,17)18)10-5-3-4-6-11(10)21-23/h3-6,8-9,12,24H,7H2,1-2H3. The summed E-state index contributed by atoms with van der Waals surface area (Å²) in [7, 11) is 0. The first-order chi connectivity index (χ1) is 11.3. The van der Waals surface area contributed by atoms with Crippen molar-refractivity contribution in [3.05, 3.63) is 36.3 Å². The summed E-state index contributed by atoms with van der Waals surface area (Å²) in [5.41, 5.74) is -0.699. The van der Waals surface area contributed by atoms with Crippen molar-refractivity contribution in [1.82, 2.24) is 24.5 Å². The van der Waals surface area contributed by atoms with E-state index in [0.717, 1.165) is 11.0 Å². The lowest BCUT2D eigenvalue weighted by Gasteiger charge is -2.16. The minimum atomic E-state index is -4.61. The lowest BCUT2D eigenvalue weighted by Crippen LogP contribution is -2.25. The first-order valence-electron chi connectivity index (χ1n) is 7.40. The van der Waals surface area contributed by atoms with Gasteiger partial charge in [-0.15, -0.1) is 0 Å². The summed E-state index contributed by atoms with van der Waals surface area (Å²) in [5, 5.41) is 17.9. The molecule has 1 N–H and O–H groups in total. The Kier molecular flexibility index (Phi) is 4.04. The quantitative estimate of drug-likeness (QED) is 0.793. The third-order valence-corrected chi connectivity index (χ3v) is 3.76. The highest BCUT2D eigenvalue weighted by atomic mass is 19.4. The lowest BCUT2D eigenvalue weighted by molar-refractivity contribution is -0.141. The van der Waals surface area contributed by atoms with Gasteiger partial charge in [0.05, 0.1) is 18.2 Å². The van der Waals surface area contributed by atoms with Gasteiger partial charge in [-0.25, -0.2) is 4.68 Å². The predicted octanol–water partition coefficient (Wildman–Crippen LogP) is 2.65. The average Bonchev–Trinajstić information content (AvgIpc) is 3.09. The zero-order chi connectivity index (χ0) is 17.5. The van der Waals surface area contributed by atoms with Crippen molar-refractivity contribution in [2.75, 3.05) is 0 Å². The number of halogens is 3. The summed E-state index contributed by atoms with van der Waals surface area (Å²) < 4.78 is 42.6. The molecule has 0 aliphatic rings. The van der Waals surface area contributed by atoms with Crippen LogP contribution in [0.5, 0.6) is 0 Å². The van der Waals surface area contributed by atoms with E-state index in [1.165, 1.54) is 22.9 Å². The molecule has 2 heterocycles. The normalized spacial score (nSPS) is 13.8. The van der Waals surface area contributed by atoms with Crippen LogP contribution in [0.2, 0.25) is 0 Å². The fourth-order valence-corrected chi connectivity index (χ4v) is 2.39. The molecular formula is C15H16F3N5O. The number of alkyl halides is 3. The smallest absolute Gasteiger partial charge is 0.391 e. The van der Waals surface area contributed by atoms with Crippen molar-refractivity contribution in [3.63, 3.8) is 0 Å². The summed E-state index contributed by atoms with van der Waals surface area (Å²) in [6.45, 7) is 3.65. The molecule has 0 saturated heterocycles. The Labute approximate surface area is 135 Å². The Balaban J connectivity index is 2.16. The van der Waals surface area contributed by atoms with Gasteiger partial charge in [-0.1, -0.05) is 32.0 Å². The minimum absolute atomic E-state index is 0.0102. The van der Waals surface area contributed by atoms with Gasteiger partial charge in [0.15, 0.2) is 5.69 Å². The molecule has 0 saturated carbocycles. The predicted molar refractivity (Wildman–Crippen MR) is 80.5 cm³/mol. The molecule has 3 aromatic rings. The van der Waals surface area contributed by atoms with Crippen LogP contribution in [-0.4, -0.2) is 35.8 Å². The maximum atomic E-state index is 13.6. The molecule has 0 bridgehead atoms.